The molecule has 0 radical (unpaired) electrons. The Bertz CT molecular complexity index is 1100. The van der Waals surface area contributed by atoms with Gasteiger partial charge >= 0.3 is 0 Å². The van der Waals surface area contributed by atoms with Gasteiger partial charge in [-0.15, -0.1) is 0 Å². The van der Waals surface area contributed by atoms with Crippen molar-refractivity contribution in [3.05, 3.63) is 83.3 Å². The zero-order valence-corrected chi connectivity index (χ0v) is 19.1. The Morgan fingerprint density at radius 3 is 2.48 bits per heavy atom. The number of benzene rings is 2. The highest BCUT2D eigenvalue weighted by Crippen LogP contribution is 2.24. The van der Waals surface area contributed by atoms with Crippen molar-refractivity contribution in [2.24, 2.45) is 0 Å². The average Bonchev–Trinajstić information content (AvgIpc) is 3.34. The monoisotopic (exact) mass is 446 g/mol. The molecule has 1 aliphatic rings. The lowest BCUT2D eigenvalue weighted by Crippen LogP contribution is -2.49. The van der Waals surface area contributed by atoms with Crippen molar-refractivity contribution in [1.29, 1.82) is 0 Å². The minimum Gasteiger partial charge on any atom is -0.467 e. The summed E-state index contributed by atoms with van der Waals surface area (Å²) in [4.78, 5) is 29.9. The van der Waals surface area contributed by atoms with Crippen LogP contribution in [0.5, 0.6) is 0 Å². The van der Waals surface area contributed by atoms with Crippen molar-refractivity contribution in [3.8, 4) is 0 Å². The summed E-state index contributed by atoms with van der Waals surface area (Å²) in [5, 5.41) is 5.74. The smallest absolute Gasteiger partial charge is 0.253 e. The van der Waals surface area contributed by atoms with E-state index in [9.17, 15) is 9.59 Å². The van der Waals surface area contributed by atoms with Crippen LogP contribution in [0.2, 0.25) is 0 Å². The summed E-state index contributed by atoms with van der Waals surface area (Å²) >= 11 is 0. The quantitative estimate of drug-likeness (QED) is 0.580. The van der Waals surface area contributed by atoms with Crippen LogP contribution in [0.3, 0.4) is 0 Å². The minimum absolute atomic E-state index is 0.124. The third-order valence-electron chi connectivity index (χ3n) is 6.11. The molecule has 1 saturated heterocycles. The lowest BCUT2D eigenvalue weighted by Gasteiger charge is -2.36. The van der Waals surface area contributed by atoms with Gasteiger partial charge in [-0.3, -0.25) is 14.5 Å². The first kappa shape index (κ1) is 22.6. The molecule has 2 amide bonds. The molecule has 1 aromatic heterocycles. The first-order chi connectivity index (χ1) is 16.0. The van der Waals surface area contributed by atoms with E-state index in [2.05, 4.69) is 52.5 Å². The molecule has 2 aromatic carbocycles. The molecule has 1 aliphatic heterocycles. The number of nitrogens with one attached hydrogen (secondary N) is 2. The van der Waals surface area contributed by atoms with E-state index >= 15 is 0 Å². The number of hydrogen-bond acceptors (Lipinski definition) is 5. The zero-order chi connectivity index (χ0) is 23.2. The molecule has 3 aromatic rings. The largest absolute Gasteiger partial charge is 0.467 e. The molecule has 7 nitrogen and oxygen atoms in total. The van der Waals surface area contributed by atoms with Crippen LogP contribution in [0.1, 0.15) is 27.2 Å². The lowest BCUT2D eigenvalue weighted by atomic mass is 10.1. The maximum absolute atomic E-state index is 12.7. The van der Waals surface area contributed by atoms with Gasteiger partial charge in [0.15, 0.2) is 0 Å². The van der Waals surface area contributed by atoms with Gasteiger partial charge in [0.2, 0.25) is 5.91 Å². The molecule has 0 aliphatic carbocycles. The molecular weight excluding hydrogens is 416 g/mol. The fourth-order valence-electron chi connectivity index (χ4n) is 4.08. The first-order valence-corrected chi connectivity index (χ1v) is 11.2. The third-order valence-corrected chi connectivity index (χ3v) is 6.11. The highest BCUT2D eigenvalue weighted by molar-refractivity contribution is 6.04. The van der Waals surface area contributed by atoms with Crippen molar-refractivity contribution in [2.75, 3.05) is 42.9 Å². The number of carbonyl (C=O) groups is 2. The van der Waals surface area contributed by atoms with Crippen LogP contribution in [0.25, 0.3) is 0 Å². The summed E-state index contributed by atoms with van der Waals surface area (Å²) in [5.41, 5.74) is 4.81. The van der Waals surface area contributed by atoms with Crippen LogP contribution in [0, 0.1) is 13.8 Å². The second-order valence-corrected chi connectivity index (χ2v) is 8.34. The summed E-state index contributed by atoms with van der Waals surface area (Å²) in [5.74, 6) is 0.288. The van der Waals surface area contributed by atoms with E-state index in [1.165, 1.54) is 16.8 Å². The van der Waals surface area contributed by atoms with E-state index < -0.39 is 0 Å². The lowest BCUT2D eigenvalue weighted by molar-refractivity contribution is -0.117. The number of aryl methyl sites for hydroxylation is 1. The van der Waals surface area contributed by atoms with Gasteiger partial charge in [-0.25, -0.2) is 0 Å². The standard InChI is InChI=1S/C26H30N4O3/c1-19-7-5-11-24(20(19)2)30-14-12-29(13-15-30)18-25(31)28-23-10-4-3-9-22(23)26(32)27-17-21-8-6-16-33-21/h3-11,16H,12-15,17-18H2,1-2H3,(H,27,32)(H,28,31). The highest BCUT2D eigenvalue weighted by Gasteiger charge is 2.21. The van der Waals surface area contributed by atoms with E-state index in [0.29, 0.717) is 30.1 Å². The number of rotatable bonds is 7. The van der Waals surface area contributed by atoms with Gasteiger partial charge in [0, 0.05) is 31.9 Å². The number of piperazine rings is 1. The van der Waals surface area contributed by atoms with E-state index in [4.69, 9.17) is 4.42 Å². The second kappa shape index (κ2) is 10.4. The fraction of sp³-hybridized carbons (Fsp3) is 0.308. The van der Waals surface area contributed by atoms with Gasteiger partial charge in [0.1, 0.15) is 5.76 Å². The van der Waals surface area contributed by atoms with Gasteiger partial charge in [-0.2, -0.15) is 0 Å². The molecule has 0 bridgehead atoms. The summed E-state index contributed by atoms with van der Waals surface area (Å²) in [6.07, 6.45) is 1.57. The summed E-state index contributed by atoms with van der Waals surface area (Å²) < 4.78 is 5.25. The molecule has 0 unspecified atom stereocenters. The average molecular weight is 447 g/mol. The molecular formula is C26H30N4O3. The van der Waals surface area contributed by atoms with Crippen LogP contribution in [0.4, 0.5) is 11.4 Å². The summed E-state index contributed by atoms with van der Waals surface area (Å²) in [7, 11) is 0. The Labute approximate surface area is 194 Å². The molecule has 0 atom stereocenters. The van der Waals surface area contributed by atoms with Crippen molar-refractivity contribution in [2.45, 2.75) is 20.4 Å². The van der Waals surface area contributed by atoms with Gasteiger partial charge in [-0.05, 0) is 55.3 Å². The summed E-state index contributed by atoms with van der Waals surface area (Å²) in [6.45, 7) is 8.26. The molecule has 0 saturated carbocycles. The van der Waals surface area contributed by atoms with E-state index in [0.717, 1.165) is 26.2 Å². The van der Waals surface area contributed by atoms with Crippen molar-refractivity contribution >= 4 is 23.2 Å². The Kier molecular flexibility index (Phi) is 7.10. The Morgan fingerprint density at radius 2 is 1.73 bits per heavy atom. The number of carbonyl (C=O) groups excluding carboxylic acids is 2. The van der Waals surface area contributed by atoms with E-state index in [1.807, 2.05) is 6.07 Å². The second-order valence-electron chi connectivity index (χ2n) is 8.34. The van der Waals surface area contributed by atoms with Crippen LogP contribution in [-0.2, 0) is 11.3 Å². The normalized spacial score (nSPS) is 14.2. The van der Waals surface area contributed by atoms with Gasteiger partial charge in [0.25, 0.3) is 5.91 Å². The van der Waals surface area contributed by atoms with Gasteiger partial charge in [-0.1, -0.05) is 24.3 Å². The molecule has 1 fully saturated rings. The number of nitrogens with zero attached hydrogens (tertiary/aromatic N) is 2. The first-order valence-electron chi connectivity index (χ1n) is 11.2. The third kappa shape index (κ3) is 5.62. The van der Waals surface area contributed by atoms with Crippen LogP contribution >= 0.6 is 0 Å². The predicted octanol–water partition coefficient (Wildman–Crippen LogP) is 3.59. The molecule has 7 heteroatoms. The van der Waals surface area contributed by atoms with Gasteiger partial charge in [0.05, 0.1) is 30.6 Å². The molecule has 4 rings (SSSR count). The minimum atomic E-state index is -0.260. The molecule has 2 heterocycles. The SMILES string of the molecule is Cc1cccc(N2CCN(CC(=O)Nc3ccccc3C(=O)NCc3ccco3)CC2)c1C. The molecule has 33 heavy (non-hydrogen) atoms. The van der Waals surface area contributed by atoms with Crippen LogP contribution < -0.4 is 15.5 Å². The topological polar surface area (TPSA) is 77.8 Å². The van der Waals surface area contributed by atoms with E-state index in [1.54, 1.807) is 36.6 Å². The molecule has 0 spiro atoms. The number of anilines is 2. The molecule has 2 N–H and O–H groups in total. The Morgan fingerprint density at radius 1 is 0.939 bits per heavy atom. The van der Waals surface area contributed by atoms with Crippen molar-refractivity contribution < 1.29 is 14.0 Å². The Hall–Kier alpha value is -3.58. The predicted molar refractivity (Wildman–Crippen MR) is 130 cm³/mol. The maximum Gasteiger partial charge on any atom is 0.253 e. The Balaban J connectivity index is 1.30. The number of para-hydroxylation sites is 1. The number of hydrogen-bond donors (Lipinski definition) is 2. The van der Waals surface area contributed by atoms with Crippen molar-refractivity contribution in [1.82, 2.24) is 10.2 Å². The number of amides is 2. The van der Waals surface area contributed by atoms with Gasteiger partial charge < -0.3 is 20.0 Å². The van der Waals surface area contributed by atoms with E-state index in [-0.39, 0.29) is 11.8 Å². The molecule has 172 valence electrons. The van der Waals surface area contributed by atoms with Crippen LogP contribution in [0.15, 0.2) is 65.3 Å². The number of furan rings is 1. The summed E-state index contributed by atoms with van der Waals surface area (Å²) in [6, 6.07) is 17.0. The van der Waals surface area contributed by atoms with Crippen molar-refractivity contribution in [3.63, 3.8) is 0 Å². The van der Waals surface area contributed by atoms with Crippen LogP contribution in [-0.4, -0.2) is 49.4 Å². The maximum atomic E-state index is 12.7. The zero-order valence-electron chi connectivity index (χ0n) is 19.1. The fourth-order valence-corrected chi connectivity index (χ4v) is 4.08. The highest BCUT2D eigenvalue weighted by atomic mass is 16.3.